The summed E-state index contributed by atoms with van der Waals surface area (Å²) in [5.74, 6) is -0.390. The van der Waals surface area contributed by atoms with Crippen LogP contribution >= 0.6 is 0 Å². The molecule has 2 heterocycles. The van der Waals surface area contributed by atoms with Crippen LogP contribution in [0.25, 0.3) is 0 Å². The lowest BCUT2D eigenvalue weighted by Crippen LogP contribution is -2.46. The molecule has 5 fully saturated rings. The second-order valence-electron chi connectivity index (χ2n) is 5.87. The SMILES string of the molecule is COC(=O)C12C3C4C1(C(=O)OC)[C@@]4(C)OC32C. The molecule has 0 aromatic rings. The Morgan fingerprint density at radius 2 is 1.29 bits per heavy atom. The van der Waals surface area contributed by atoms with Crippen molar-refractivity contribution in [2.24, 2.45) is 22.7 Å². The topological polar surface area (TPSA) is 61.8 Å². The zero-order chi connectivity index (χ0) is 12.4. The molecule has 92 valence electrons. The Hall–Kier alpha value is -1.10. The van der Waals surface area contributed by atoms with E-state index in [0.29, 0.717) is 0 Å². The lowest BCUT2D eigenvalue weighted by atomic mass is 9.71. The predicted molar refractivity (Wildman–Crippen MR) is 53.8 cm³/mol. The molecule has 2 aliphatic heterocycles. The quantitative estimate of drug-likeness (QED) is 0.640. The van der Waals surface area contributed by atoms with Crippen LogP contribution in [0.5, 0.6) is 0 Å². The zero-order valence-corrected chi connectivity index (χ0v) is 10.2. The summed E-state index contributed by atoms with van der Waals surface area (Å²) >= 11 is 0. The van der Waals surface area contributed by atoms with Gasteiger partial charge in [0.1, 0.15) is 10.8 Å². The van der Waals surface area contributed by atoms with Crippen molar-refractivity contribution < 1.29 is 23.8 Å². The number of hydrogen-bond acceptors (Lipinski definition) is 5. The number of carbonyl (C=O) groups is 2. The fourth-order valence-electron chi connectivity index (χ4n) is 5.60. The van der Waals surface area contributed by atoms with Gasteiger partial charge in [0, 0.05) is 11.8 Å². The summed E-state index contributed by atoms with van der Waals surface area (Å²) < 4.78 is 15.8. The van der Waals surface area contributed by atoms with Gasteiger partial charge in [0.2, 0.25) is 0 Å². The Morgan fingerprint density at radius 1 is 0.941 bits per heavy atom. The minimum absolute atomic E-state index is 0.131. The minimum atomic E-state index is -0.777. The molecule has 0 N–H and O–H groups in total. The van der Waals surface area contributed by atoms with Crippen LogP contribution in [0.15, 0.2) is 0 Å². The summed E-state index contributed by atoms with van der Waals surface area (Å²) in [7, 11) is 2.71. The van der Waals surface area contributed by atoms with Gasteiger partial charge >= 0.3 is 11.9 Å². The highest BCUT2D eigenvalue weighted by atomic mass is 16.6. The number of methoxy groups -OCH3 is 2. The summed E-state index contributed by atoms with van der Waals surface area (Å²) in [4.78, 5) is 24.2. The van der Waals surface area contributed by atoms with Crippen molar-refractivity contribution in [2.75, 3.05) is 14.2 Å². The molecule has 0 aromatic heterocycles. The van der Waals surface area contributed by atoms with Gasteiger partial charge < -0.3 is 14.2 Å². The summed E-state index contributed by atoms with van der Waals surface area (Å²) in [6.07, 6.45) is 0. The van der Waals surface area contributed by atoms with Crippen LogP contribution in [0.1, 0.15) is 13.8 Å². The molecule has 5 heteroatoms. The van der Waals surface area contributed by atoms with Crippen LogP contribution in [-0.2, 0) is 23.8 Å². The minimum Gasteiger partial charge on any atom is -0.468 e. The lowest BCUT2D eigenvalue weighted by molar-refractivity contribution is -0.169. The highest BCUT2D eigenvalue weighted by molar-refractivity contribution is 6.04. The molecule has 5 rings (SSSR count). The van der Waals surface area contributed by atoms with Crippen LogP contribution in [0.2, 0.25) is 0 Å². The van der Waals surface area contributed by atoms with Crippen molar-refractivity contribution in [2.45, 2.75) is 25.0 Å². The third kappa shape index (κ3) is 0.480. The Kier molecular flexibility index (Phi) is 1.17. The molecule has 2 bridgehead atoms. The van der Waals surface area contributed by atoms with Crippen molar-refractivity contribution >= 4 is 11.9 Å². The normalized spacial score (nSPS) is 63.3. The van der Waals surface area contributed by atoms with Crippen molar-refractivity contribution in [1.29, 1.82) is 0 Å². The molecule has 0 aromatic carbocycles. The summed E-state index contributed by atoms with van der Waals surface area (Å²) in [5.41, 5.74) is -2.59. The van der Waals surface area contributed by atoms with Gasteiger partial charge in [0.05, 0.1) is 25.4 Å². The van der Waals surface area contributed by atoms with Crippen molar-refractivity contribution in [3.63, 3.8) is 0 Å². The molecule has 17 heavy (non-hydrogen) atoms. The molecule has 6 atom stereocenters. The number of ether oxygens (including phenoxy) is 3. The van der Waals surface area contributed by atoms with E-state index in [1.165, 1.54) is 14.2 Å². The van der Waals surface area contributed by atoms with E-state index in [0.717, 1.165) is 0 Å². The fraction of sp³-hybridized carbons (Fsp3) is 0.833. The van der Waals surface area contributed by atoms with Gasteiger partial charge in [-0.05, 0) is 13.8 Å². The smallest absolute Gasteiger partial charge is 0.316 e. The van der Waals surface area contributed by atoms with Crippen LogP contribution in [0.4, 0.5) is 0 Å². The Labute approximate surface area is 98.4 Å². The molecule has 5 nitrogen and oxygen atoms in total. The van der Waals surface area contributed by atoms with Crippen molar-refractivity contribution in [1.82, 2.24) is 0 Å². The van der Waals surface area contributed by atoms with Crippen molar-refractivity contribution in [3.8, 4) is 0 Å². The van der Waals surface area contributed by atoms with Crippen LogP contribution in [0, 0.1) is 22.7 Å². The molecule has 3 saturated carbocycles. The average Bonchev–Trinajstić information content (AvgIpc) is 2.79. The fourth-order valence-corrected chi connectivity index (χ4v) is 5.60. The van der Waals surface area contributed by atoms with Gasteiger partial charge in [-0.2, -0.15) is 0 Å². The second kappa shape index (κ2) is 2.00. The van der Waals surface area contributed by atoms with Gasteiger partial charge in [-0.1, -0.05) is 0 Å². The molecule has 0 radical (unpaired) electrons. The van der Waals surface area contributed by atoms with E-state index in [2.05, 4.69) is 0 Å². The van der Waals surface area contributed by atoms with Gasteiger partial charge in [0.25, 0.3) is 0 Å². The van der Waals surface area contributed by atoms with Crippen molar-refractivity contribution in [3.05, 3.63) is 0 Å². The highest BCUT2D eigenvalue weighted by Gasteiger charge is 3.20. The first-order chi connectivity index (χ1) is 7.91. The highest BCUT2D eigenvalue weighted by Crippen LogP contribution is 3.07. The van der Waals surface area contributed by atoms with Gasteiger partial charge in [-0.25, -0.2) is 0 Å². The summed E-state index contributed by atoms with van der Waals surface area (Å²) in [5, 5.41) is 0. The van der Waals surface area contributed by atoms with Gasteiger partial charge in [-0.3, -0.25) is 9.59 Å². The van der Waals surface area contributed by atoms with E-state index in [1.807, 2.05) is 13.8 Å². The molecule has 5 unspecified atom stereocenters. The maximum Gasteiger partial charge on any atom is 0.316 e. The number of rotatable bonds is 2. The third-order valence-electron chi connectivity index (χ3n) is 5.91. The predicted octanol–water partition coefficient (Wildman–Crippen LogP) is 0.126. The molecule has 2 saturated heterocycles. The standard InChI is InChI=1S/C12H14O5/c1-9-5-6-10(2,17-9)12(6,8(14)16-4)11(5,9)7(13)15-3/h5-6H,1-4H3/t5?,6?,9-,10?,11?,12?/m0/s1. The number of esters is 2. The average molecular weight is 238 g/mol. The maximum absolute atomic E-state index is 12.1. The van der Waals surface area contributed by atoms with Crippen LogP contribution in [0.3, 0.4) is 0 Å². The van der Waals surface area contributed by atoms with Crippen LogP contribution in [-0.4, -0.2) is 37.4 Å². The Bertz CT molecular complexity index is 457. The largest absolute Gasteiger partial charge is 0.468 e. The third-order valence-corrected chi connectivity index (χ3v) is 5.91. The molecular weight excluding hydrogens is 224 g/mol. The van der Waals surface area contributed by atoms with Crippen LogP contribution < -0.4 is 0 Å². The first-order valence-electron chi connectivity index (χ1n) is 5.78. The monoisotopic (exact) mass is 238 g/mol. The van der Waals surface area contributed by atoms with Gasteiger partial charge in [-0.15, -0.1) is 0 Å². The van der Waals surface area contributed by atoms with E-state index in [4.69, 9.17) is 14.2 Å². The zero-order valence-electron chi connectivity index (χ0n) is 10.2. The Morgan fingerprint density at radius 3 is 1.53 bits per heavy atom. The van der Waals surface area contributed by atoms with E-state index in [1.54, 1.807) is 0 Å². The van der Waals surface area contributed by atoms with E-state index >= 15 is 0 Å². The molecule has 0 amide bonds. The molecule has 0 spiro atoms. The Balaban J connectivity index is 1.90. The molecule has 5 aliphatic rings. The molecule has 3 aliphatic carbocycles. The first-order valence-corrected chi connectivity index (χ1v) is 5.78. The van der Waals surface area contributed by atoms with E-state index in [9.17, 15) is 9.59 Å². The second-order valence-corrected chi connectivity index (χ2v) is 5.87. The first kappa shape index (κ1) is 9.88. The lowest BCUT2D eigenvalue weighted by Gasteiger charge is -2.29. The maximum atomic E-state index is 12.1. The van der Waals surface area contributed by atoms with Gasteiger partial charge in [0.15, 0.2) is 0 Å². The van der Waals surface area contributed by atoms with E-state index in [-0.39, 0.29) is 23.8 Å². The number of carbonyl (C=O) groups excluding carboxylic acids is 2. The molecular formula is C12H14O5. The number of hydrogen-bond donors (Lipinski definition) is 0. The summed E-state index contributed by atoms with van der Waals surface area (Å²) in [6.45, 7) is 3.81. The van der Waals surface area contributed by atoms with E-state index < -0.39 is 22.0 Å². The summed E-state index contributed by atoms with van der Waals surface area (Å²) in [6, 6.07) is 0.